The number of nitrogens with zero attached hydrogens (tertiary/aromatic N) is 2. The van der Waals surface area contributed by atoms with E-state index in [1.165, 1.54) is 0 Å². The number of carbonyl (C=O) groups excluding carboxylic acids is 2. The molecule has 0 atom stereocenters. The minimum Gasteiger partial charge on any atom is -0.466 e. The second kappa shape index (κ2) is 6.53. The van der Waals surface area contributed by atoms with Gasteiger partial charge in [-0.3, -0.25) is 10.1 Å². The molecule has 7 heteroatoms. The number of rotatable bonds is 4. The quantitative estimate of drug-likeness (QED) is 0.804. The molecule has 0 radical (unpaired) electrons. The lowest BCUT2D eigenvalue weighted by Crippen LogP contribution is -2.41. The van der Waals surface area contributed by atoms with Crippen LogP contribution in [0.1, 0.15) is 18.2 Å². The standard InChI is InChI=1S/C11H16N4O3/c1-4-12-11(17)13-9(16)6-18-10-5-7(2)8(3)14-15-10/h5H,4,6H2,1-3H3,(H2,12,13,16,17). The van der Waals surface area contributed by atoms with Gasteiger partial charge in [-0.15, -0.1) is 5.10 Å². The number of hydrogen-bond donors (Lipinski definition) is 2. The predicted octanol–water partition coefficient (Wildman–Crippen LogP) is 0.318. The molecule has 0 saturated carbocycles. The molecule has 0 bridgehead atoms. The second-order valence-electron chi connectivity index (χ2n) is 3.65. The maximum absolute atomic E-state index is 11.3. The number of imide groups is 1. The van der Waals surface area contributed by atoms with Crippen molar-refractivity contribution in [2.75, 3.05) is 13.2 Å². The number of carbonyl (C=O) groups is 2. The topological polar surface area (TPSA) is 93.2 Å². The highest BCUT2D eigenvalue weighted by atomic mass is 16.5. The Labute approximate surface area is 105 Å². The van der Waals surface area contributed by atoms with Gasteiger partial charge < -0.3 is 10.1 Å². The molecule has 1 heterocycles. The maximum Gasteiger partial charge on any atom is 0.321 e. The smallest absolute Gasteiger partial charge is 0.321 e. The fraction of sp³-hybridized carbons (Fsp3) is 0.455. The first-order chi connectivity index (χ1) is 8.52. The molecule has 0 unspecified atom stereocenters. The summed E-state index contributed by atoms with van der Waals surface area (Å²) >= 11 is 0. The molecule has 1 aromatic heterocycles. The molecule has 0 aliphatic rings. The van der Waals surface area contributed by atoms with Crippen molar-refractivity contribution in [2.45, 2.75) is 20.8 Å². The third-order valence-electron chi connectivity index (χ3n) is 2.15. The van der Waals surface area contributed by atoms with Crippen molar-refractivity contribution in [1.29, 1.82) is 0 Å². The zero-order valence-electron chi connectivity index (χ0n) is 10.6. The van der Waals surface area contributed by atoms with Gasteiger partial charge in [-0.25, -0.2) is 4.79 Å². The highest BCUT2D eigenvalue weighted by Crippen LogP contribution is 2.09. The number of nitrogens with one attached hydrogen (secondary N) is 2. The molecular weight excluding hydrogens is 236 g/mol. The van der Waals surface area contributed by atoms with Gasteiger partial charge in [-0.05, 0) is 26.3 Å². The van der Waals surface area contributed by atoms with E-state index in [0.29, 0.717) is 6.54 Å². The fourth-order valence-electron chi connectivity index (χ4n) is 1.10. The SMILES string of the molecule is CCNC(=O)NC(=O)COc1cc(C)c(C)nn1. The van der Waals surface area contributed by atoms with E-state index in [1.807, 2.05) is 13.8 Å². The van der Waals surface area contributed by atoms with Crippen LogP contribution < -0.4 is 15.4 Å². The van der Waals surface area contributed by atoms with Gasteiger partial charge in [0.15, 0.2) is 6.61 Å². The van der Waals surface area contributed by atoms with Gasteiger partial charge in [0.05, 0.1) is 5.69 Å². The molecule has 98 valence electrons. The summed E-state index contributed by atoms with van der Waals surface area (Å²) in [4.78, 5) is 22.3. The van der Waals surface area contributed by atoms with Gasteiger partial charge in [0.2, 0.25) is 5.88 Å². The van der Waals surface area contributed by atoms with Crippen LogP contribution in [0.25, 0.3) is 0 Å². The Morgan fingerprint density at radius 1 is 1.33 bits per heavy atom. The molecule has 1 aromatic rings. The Kier molecular flexibility index (Phi) is 5.04. The van der Waals surface area contributed by atoms with E-state index in [-0.39, 0.29) is 12.5 Å². The van der Waals surface area contributed by atoms with E-state index in [4.69, 9.17) is 4.74 Å². The number of ether oxygens (including phenoxy) is 1. The normalized spacial score (nSPS) is 9.72. The van der Waals surface area contributed by atoms with Crippen molar-refractivity contribution in [3.05, 3.63) is 17.3 Å². The van der Waals surface area contributed by atoms with Crippen LogP contribution in [-0.2, 0) is 4.79 Å². The van der Waals surface area contributed by atoms with Crippen molar-refractivity contribution in [3.8, 4) is 5.88 Å². The van der Waals surface area contributed by atoms with Crippen LogP contribution in [0.3, 0.4) is 0 Å². The van der Waals surface area contributed by atoms with Gasteiger partial charge in [-0.1, -0.05) is 0 Å². The first kappa shape index (κ1) is 13.9. The average Bonchev–Trinajstić information content (AvgIpc) is 2.31. The van der Waals surface area contributed by atoms with E-state index in [9.17, 15) is 9.59 Å². The predicted molar refractivity (Wildman–Crippen MR) is 64.2 cm³/mol. The summed E-state index contributed by atoms with van der Waals surface area (Å²) in [6.45, 7) is 5.61. The lowest BCUT2D eigenvalue weighted by Gasteiger charge is -2.07. The molecule has 1 rings (SSSR count). The van der Waals surface area contributed by atoms with Crippen molar-refractivity contribution in [1.82, 2.24) is 20.8 Å². The fourth-order valence-corrected chi connectivity index (χ4v) is 1.10. The summed E-state index contributed by atoms with van der Waals surface area (Å²) in [6.07, 6.45) is 0. The van der Waals surface area contributed by atoms with E-state index < -0.39 is 11.9 Å². The Balaban J connectivity index is 2.42. The number of amides is 3. The van der Waals surface area contributed by atoms with E-state index >= 15 is 0 Å². The largest absolute Gasteiger partial charge is 0.466 e. The summed E-state index contributed by atoms with van der Waals surface area (Å²) in [5.41, 5.74) is 1.72. The molecule has 7 nitrogen and oxygen atoms in total. The van der Waals surface area contributed by atoms with Crippen LogP contribution in [0.4, 0.5) is 4.79 Å². The number of hydrogen-bond acceptors (Lipinski definition) is 5. The second-order valence-corrected chi connectivity index (χ2v) is 3.65. The lowest BCUT2D eigenvalue weighted by atomic mass is 10.2. The molecule has 0 aliphatic heterocycles. The van der Waals surface area contributed by atoms with Crippen LogP contribution in [0.5, 0.6) is 5.88 Å². The zero-order chi connectivity index (χ0) is 13.5. The summed E-state index contributed by atoms with van der Waals surface area (Å²) in [7, 11) is 0. The monoisotopic (exact) mass is 252 g/mol. The molecule has 0 aromatic carbocycles. The highest BCUT2D eigenvalue weighted by Gasteiger charge is 2.08. The van der Waals surface area contributed by atoms with Gasteiger partial charge >= 0.3 is 6.03 Å². The van der Waals surface area contributed by atoms with Crippen LogP contribution in [0, 0.1) is 13.8 Å². The van der Waals surface area contributed by atoms with Gasteiger partial charge in [-0.2, -0.15) is 5.10 Å². The summed E-state index contributed by atoms with van der Waals surface area (Å²) in [5, 5.41) is 12.2. The van der Waals surface area contributed by atoms with Crippen molar-refractivity contribution in [3.63, 3.8) is 0 Å². The van der Waals surface area contributed by atoms with Crippen molar-refractivity contribution >= 4 is 11.9 Å². The Bertz CT molecular complexity index is 448. The summed E-state index contributed by atoms with van der Waals surface area (Å²) in [5.74, 6) is -0.287. The summed E-state index contributed by atoms with van der Waals surface area (Å²) in [6, 6.07) is 1.14. The molecular formula is C11H16N4O3. The minimum atomic E-state index is -0.544. The highest BCUT2D eigenvalue weighted by molar-refractivity contribution is 5.94. The van der Waals surface area contributed by atoms with Gasteiger partial charge in [0.1, 0.15) is 0 Å². The first-order valence-electron chi connectivity index (χ1n) is 5.54. The number of aromatic nitrogens is 2. The van der Waals surface area contributed by atoms with Crippen LogP contribution in [0.15, 0.2) is 6.07 Å². The third kappa shape index (κ3) is 4.36. The number of urea groups is 1. The van der Waals surface area contributed by atoms with Crippen LogP contribution in [-0.4, -0.2) is 35.3 Å². The van der Waals surface area contributed by atoms with Crippen molar-refractivity contribution in [2.24, 2.45) is 0 Å². The molecule has 3 amide bonds. The molecule has 18 heavy (non-hydrogen) atoms. The molecule has 0 spiro atoms. The van der Waals surface area contributed by atoms with Crippen LogP contribution in [0.2, 0.25) is 0 Å². The maximum atomic E-state index is 11.3. The third-order valence-corrected chi connectivity index (χ3v) is 2.15. The van der Waals surface area contributed by atoms with E-state index in [0.717, 1.165) is 11.3 Å². The number of aryl methyl sites for hydroxylation is 2. The van der Waals surface area contributed by atoms with Gasteiger partial charge in [0.25, 0.3) is 5.91 Å². The molecule has 0 aliphatic carbocycles. The average molecular weight is 252 g/mol. The van der Waals surface area contributed by atoms with E-state index in [2.05, 4.69) is 20.8 Å². The molecule has 0 fully saturated rings. The van der Waals surface area contributed by atoms with Crippen molar-refractivity contribution < 1.29 is 14.3 Å². The first-order valence-corrected chi connectivity index (χ1v) is 5.54. The Hall–Kier alpha value is -2.18. The lowest BCUT2D eigenvalue weighted by molar-refractivity contribution is -0.122. The Morgan fingerprint density at radius 3 is 2.67 bits per heavy atom. The zero-order valence-corrected chi connectivity index (χ0v) is 10.6. The minimum absolute atomic E-state index is 0.254. The molecule has 0 saturated heterocycles. The Morgan fingerprint density at radius 2 is 2.06 bits per heavy atom. The summed E-state index contributed by atoms with van der Waals surface area (Å²) < 4.78 is 5.12. The van der Waals surface area contributed by atoms with Crippen LogP contribution >= 0.6 is 0 Å². The van der Waals surface area contributed by atoms with E-state index in [1.54, 1.807) is 13.0 Å². The molecule has 2 N–H and O–H groups in total. The van der Waals surface area contributed by atoms with Gasteiger partial charge in [0, 0.05) is 12.6 Å².